The van der Waals surface area contributed by atoms with Crippen LogP contribution in [-0.2, 0) is 10.5 Å². The average molecular weight is 466 g/mol. The van der Waals surface area contributed by atoms with Crippen LogP contribution in [0, 0.1) is 5.92 Å². The van der Waals surface area contributed by atoms with Crippen LogP contribution in [0.3, 0.4) is 0 Å². The van der Waals surface area contributed by atoms with Gasteiger partial charge in [0.1, 0.15) is 5.76 Å². The van der Waals surface area contributed by atoms with Crippen LogP contribution in [0.4, 0.5) is 0 Å². The maximum Gasteiger partial charge on any atom is 0.258 e. The molecule has 0 bridgehead atoms. The highest BCUT2D eigenvalue weighted by molar-refractivity contribution is 7.98. The Morgan fingerprint density at radius 1 is 1.29 bits per heavy atom. The van der Waals surface area contributed by atoms with Gasteiger partial charge in [0.25, 0.3) is 5.91 Å². The van der Waals surface area contributed by atoms with E-state index in [4.69, 9.17) is 49.7 Å². The third kappa shape index (κ3) is 7.08. The number of hydrogen-bond acceptors (Lipinski definition) is 5. The topological polar surface area (TPSA) is 77.5 Å². The molecule has 0 aliphatic rings. The third-order valence-corrected chi connectivity index (χ3v) is 5.88. The highest BCUT2D eigenvalue weighted by Crippen LogP contribution is 2.35. The molecular weight excluding hydrogens is 443 g/mol. The number of amides is 1. The lowest BCUT2D eigenvalue weighted by Crippen LogP contribution is -2.52. The molecule has 0 radical (unpaired) electrons. The number of rotatable bonds is 10. The highest BCUT2D eigenvalue weighted by Gasteiger charge is 2.23. The summed E-state index contributed by atoms with van der Waals surface area (Å²) in [5, 5.41) is 3.83. The average Bonchev–Trinajstić information content (AvgIpc) is 3.12. The number of nitrogens with two attached hydrogens (primary N) is 1. The first-order valence-corrected chi connectivity index (χ1v) is 11.0. The van der Waals surface area contributed by atoms with E-state index >= 15 is 0 Å². The van der Waals surface area contributed by atoms with Gasteiger partial charge >= 0.3 is 0 Å². The van der Waals surface area contributed by atoms with E-state index in [0.29, 0.717) is 16.5 Å². The molecule has 5 nitrogen and oxygen atoms in total. The molecule has 28 heavy (non-hydrogen) atoms. The van der Waals surface area contributed by atoms with Crippen LogP contribution >= 0.6 is 46.6 Å². The molecule has 0 spiro atoms. The fourth-order valence-corrected chi connectivity index (χ4v) is 4.42. The van der Waals surface area contributed by atoms with Crippen molar-refractivity contribution in [2.24, 2.45) is 11.7 Å². The standard InChI is InChI=1S/C19H23Cl3N2O3S/c1-11(2)18(23)16(10-28-9-13-4-3-5-26-13)24-17(25)8-27-19-14(21)6-12(20)7-15(19)22/h3-7,11,16,18H,8-10,23H2,1-2H3,(H,24,25). The SMILES string of the molecule is CC(C)C(N)C(CSCc1ccco1)NC(=O)COc1c(Cl)cc(Cl)cc1Cl. The molecule has 0 aliphatic heterocycles. The first kappa shape index (κ1) is 23.2. The van der Waals surface area contributed by atoms with Crippen molar-refractivity contribution in [1.82, 2.24) is 5.32 Å². The van der Waals surface area contributed by atoms with E-state index in [-0.39, 0.29) is 46.3 Å². The van der Waals surface area contributed by atoms with Crippen molar-refractivity contribution in [3.63, 3.8) is 0 Å². The molecular formula is C19H23Cl3N2O3S. The molecule has 1 aromatic heterocycles. The van der Waals surface area contributed by atoms with Crippen LogP contribution in [0.2, 0.25) is 15.1 Å². The Balaban J connectivity index is 1.91. The summed E-state index contributed by atoms with van der Waals surface area (Å²) in [6, 6.07) is 6.36. The molecule has 2 rings (SSSR count). The van der Waals surface area contributed by atoms with Gasteiger partial charge in [0.2, 0.25) is 0 Å². The normalized spacial score (nSPS) is 13.4. The molecule has 0 saturated carbocycles. The number of hydrogen-bond donors (Lipinski definition) is 2. The van der Waals surface area contributed by atoms with Crippen LogP contribution < -0.4 is 15.8 Å². The zero-order valence-corrected chi connectivity index (χ0v) is 18.7. The van der Waals surface area contributed by atoms with Gasteiger partial charge in [0, 0.05) is 16.8 Å². The Labute approximate surface area is 184 Å². The maximum atomic E-state index is 12.4. The van der Waals surface area contributed by atoms with Crippen LogP contribution in [0.25, 0.3) is 0 Å². The minimum absolute atomic E-state index is 0.198. The second-order valence-electron chi connectivity index (χ2n) is 6.58. The first-order chi connectivity index (χ1) is 13.3. The number of furan rings is 1. The minimum Gasteiger partial charge on any atom is -0.481 e. The van der Waals surface area contributed by atoms with Gasteiger partial charge in [-0.25, -0.2) is 0 Å². The quantitative estimate of drug-likeness (QED) is 0.515. The number of thioether (sulfide) groups is 1. The molecule has 0 fully saturated rings. The Hall–Kier alpha value is -1.05. The summed E-state index contributed by atoms with van der Waals surface area (Å²) in [6.45, 7) is 3.81. The van der Waals surface area contributed by atoms with Gasteiger partial charge in [-0.1, -0.05) is 48.7 Å². The lowest BCUT2D eigenvalue weighted by Gasteiger charge is -2.27. The van der Waals surface area contributed by atoms with E-state index in [1.165, 1.54) is 12.1 Å². The molecule has 154 valence electrons. The molecule has 2 atom stereocenters. The van der Waals surface area contributed by atoms with Crippen molar-refractivity contribution in [1.29, 1.82) is 0 Å². The summed E-state index contributed by atoms with van der Waals surface area (Å²) >= 11 is 19.7. The second-order valence-corrected chi connectivity index (χ2v) is 8.86. The Kier molecular flexibility index (Phi) is 9.31. The van der Waals surface area contributed by atoms with Crippen LogP contribution in [0.15, 0.2) is 34.9 Å². The monoisotopic (exact) mass is 464 g/mol. The maximum absolute atomic E-state index is 12.4. The highest BCUT2D eigenvalue weighted by atomic mass is 35.5. The number of halogens is 3. The van der Waals surface area contributed by atoms with Gasteiger partial charge in [-0.3, -0.25) is 4.79 Å². The van der Waals surface area contributed by atoms with Gasteiger partial charge in [-0.2, -0.15) is 11.8 Å². The molecule has 2 aromatic rings. The van der Waals surface area contributed by atoms with Gasteiger partial charge in [-0.05, 0) is 30.2 Å². The summed E-state index contributed by atoms with van der Waals surface area (Å²) in [5.74, 6) is 2.35. The fourth-order valence-electron chi connectivity index (χ4n) is 2.45. The summed E-state index contributed by atoms with van der Waals surface area (Å²) in [5.41, 5.74) is 6.29. The van der Waals surface area contributed by atoms with Gasteiger partial charge in [0.05, 0.1) is 28.1 Å². The molecule has 1 heterocycles. The van der Waals surface area contributed by atoms with E-state index in [2.05, 4.69) is 5.32 Å². The summed E-state index contributed by atoms with van der Waals surface area (Å²) in [7, 11) is 0. The second kappa shape index (κ2) is 11.2. The number of carbonyl (C=O) groups excluding carboxylic acids is 1. The number of nitrogens with one attached hydrogen (secondary N) is 1. The van der Waals surface area contributed by atoms with Crippen LogP contribution in [0.1, 0.15) is 19.6 Å². The van der Waals surface area contributed by atoms with Gasteiger partial charge < -0.3 is 20.2 Å². The van der Waals surface area contributed by atoms with Crippen molar-refractivity contribution in [2.75, 3.05) is 12.4 Å². The van der Waals surface area contributed by atoms with E-state index < -0.39 is 0 Å². The van der Waals surface area contributed by atoms with E-state index in [1.54, 1.807) is 18.0 Å². The van der Waals surface area contributed by atoms with Crippen molar-refractivity contribution < 1.29 is 13.9 Å². The van der Waals surface area contributed by atoms with Crippen molar-refractivity contribution in [2.45, 2.75) is 31.7 Å². The molecule has 1 amide bonds. The molecule has 3 N–H and O–H groups in total. The number of benzene rings is 1. The molecule has 9 heteroatoms. The molecule has 0 aliphatic carbocycles. The third-order valence-electron chi connectivity index (χ3n) is 4.01. The zero-order valence-electron chi connectivity index (χ0n) is 15.6. The zero-order chi connectivity index (χ0) is 20.7. The smallest absolute Gasteiger partial charge is 0.258 e. The minimum atomic E-state index is -0.304. The van der Waals surface area contributed by atoms with E-state index in [0.717, 1.165) is 5.76 Å². The predicted octanol–water partition coefficient (Wildman–Crippen LogP) is 5.02. The summed E-state index contributed by atoms with van der Waals surface area (Å²) in [6.07, 6.45) is 1.64. The Morgan fingerprint density at radius 3 is 2.54 bits per heavy atom. The molecule has 0 saturated heterocycles. The largest absolute Gasteiger partial charge is 0.481 e. The molecule has 1 aromatic carbocycles. The lowest BCUT2D eigenvalue weighted by atomic mass is 9.98. The first-order valence-electron chi connectivity index (χ1n) is 8.70. The number of carbonyl (C=O) groups is 1. The van der Waals surface area contributed by atoms with E-state index in [1.807, 2.05) is 26.0 Å². The van der Waals surface area contributed by atoms with Crippen LogP contribution in [0.5, 0.6) is 5.75 Å². The van der Waals surface area contributed by atoms with Crippen LogP contribution in [-0.4, -0.2) is 30.4 Å². The van der Waals surface area contributed by atoms with E-state index in [9.17, 15) is 4.79 Å². The van der Waals surface area contributed by atoms with Gasteiger partial charge in [-0.15, -0.1) is 0 Å². The number of ether oxygens (including phenoxy) is 1. The summed E-state index contributed by atoms with van der Waals surface area (Å²) in [4.78, 5) is 12.4. The van der Waals surface area contributed by atoms with Gasteiger partial charge in [0.15, 0.2) is 12.4 Å². The Morgan fingerprint density at radius 2 is 1.96 bits per heavy atom. The summed E-state index contributed by atoms with van der Waals surface area (Å²) < 4.78 is 10.8. The lowest BCUT2D eigenvalue weighted by molar-refractivity contribution is -0.123. The van der Waals surface area contributed by atoms with Crippen molar-refractivity contribution in [3.8, 4) is 5.75 Å². The Bertz CT molecular complexity index is 749. The predicted molar refractivity (Wildman–Crippen MR) is 117 cm³/mol. The molecule has 2 unspecified atom stereocenters. The van der Waals surface area contributed by atoms with Crippen molar-refractivity contribution in [3.05, 3.63) is 51.4 Å². The van der Waals surface area contributed by atoms with Crippen molar-refractivity contribution >= 4 is 52.5 Å². The fraction of sp³-hybridized carbons (Fsp3) is 0.421.